The summed E-state index contributed by atoms with van der Waals surface area (Å²) in [6.45, 7) is 5.75. The van der Waals surface area contributed by atoms with Crippen LogP contribution in [0.15, 0.2) is 18.2 Å². The Morgan fingerprint density at radius 1 is 1.47 bits per heavy atom. The van der Waals surface area contributed by atoms with Gasteiger partial charge in [-0.3, -0.25) is 0 Å². The van der Waals surface area contributed by atoms with Crippen LogP contribution in [0.4, 0.5) is 5.82 Å². The molecule has 0 amide bonds. The molecule has 0 aliphatic heterocycles. The van der Waals surface area contributed by atoms with Gasteiger partial charge in [0.1, 0.15) is 11.5 Å². The third-order valence-corrected chi connectivity index (χ3v) is 1.91. The van der Waals surface area contributed by atoms with E-state index in [0.717, 1.165) is 0 Å². The van der Waals surface area contributed by atoms with Crippen molar-refractivity contribution < 1.29 is 0 Å². The third-order valence-electron chi connectivity index (χ3n) is 1.91. The van der Waals surface area contributed by atoms with Crippen molar-refractivity contribution in [2.24, 2.45) is 0 Å². The highest BCUT2D eigenvalue weighted by molar-refractivity contribution is 5.51. The lowest BCUT2D eigenvalue weighted by atomic mass is 10.3. The molecule has 2 aromatic rings. The van der Waals surface area contributed by atoms with Crippen molar-refractivity contribution in [3.63, 3.8) is 0 Å². The second-order valence-corrected chi connectivity index (χ2v) is 3.24. The van der Waals surface area contributed by atoms with E-state index >= 15 is 0 Å². The maximum absolute atomic E-state index is 5.59. The number of nitrogens with zero attached hydrogens (tertiary/aromatic N) is 5. The summed E-state index contributed by atoms with van der Waals surface area (Å²) in [5, 5.41) is 11.3. The number of nitrogen functional groups attached to an aromatic ring is 1. The Bertz CT molecular complexity index is 461. The standard InChI is InChI=1S/C9H11N6/c1-6(2)15-9(12-13-14-15)7-4-3-5-8(10)11-7/h3-6H,1H2,2H3,(H2,10,11)/t6-/m0/s1. The second-order valence-electron chi connectivity index (χ2n) is 3.24. The van der Waals surface area contributed by atoms with Crippen molar-refractivity contribution in [2.75, 3.05) is 5.73 Å². The predicted molar refractivity (Wildman–Crippen MR) is 55.5 cm³/mol. The molecule has 6 heteroatoms. The number of rotatable bonds is 2. The van der Waals surface area contributed by atoms with Crippen LogP contribution < -0.4 is 5.73 Å². The summed E-state index contributed by atoms with van der Waals surface area (Å²) in [7, 11) is 0. The molecule has 2 rings (SSSR count). The maximum atomic E-state index is 5.59. The topological polar surface area (TPSA) is 82.5 Å². The molecule has 0 aliphatic rings. The van der Waals surface area contributed by atoms with E-state index in [0.29, 0.717) is 17.3 Å². The van der Waals surface area contributed by atoms with Crippen molar-refractivity contribution in [2.45, 2.75) is 13.0 Å². The zero-order valence-electron chi connectivity index (χ0n) is 8.33. The summed E-state index contributed by atoms with van der Waals surface area (Å²) in [6.07, 6.45) is 0. The average Bonchev–Trinajstić information content (AvgIpc) is 2.65. The summed E-state index contributed by atoms with van der Waals surface area (Å²) in [5.74, 6) is 1.02. The first-order chi connectivity index (χ1) is 7.18. The summed E-state index contributed by atoms with van der Waals surface area (Å²) in [5.41, 5.74) is 6.23. The highest BCUT2D eigenvalue weighted by Crippen LogP contribution is 2.16. The Morgan fingerprint density at radius 3 is 2.93 bits per heavy atom. The fourth-order valence-electron chi connectivity index (χ4n) is 1.24. The number of hydrogen-bond donors (Lipinski definition) is 1. The van der Waals surface area contributed by atoms with Crippen LogP contribution in [0.5, 0.6) is 0 Å². The molecule has 6 nitrogen and oxygen atoms in total. The van der Waals surface area contributed by atoms with Crippen molar-refractivity contribution in [3.05, 3.63) is 25.1 Å². The molecule has 0 saturated carbocycles. The van der Waals surface area contributed by atoms with Crippen LogP contribution >= 0.6 is 0 Å². The SMILES string of the molecule is [CH2][C@@H](C)n1nnnc1-c1cccc(N)n1. The minimum absolute atomic E-state index is 0.0572. The number of nitrogens with two attached hydrogens (primary N) is 1. The zero-order chi connectivity index (χ0) is 10.8. The second kappa shape index (κ2) is 3.64. The molecule has 15 heavy (non-hydrogen) atoms. The van der Waals surface area contributed by atoms with Gasteiger partial charge in [-0.05, 0) is 36.4 Å². The summed E-state index contributed by atoms with van der Waals surface area (Å²) in [6, 6.07) is 5.27. The molecular formula is C9H11N6. The van der Waals surface area contributed by atoms with Gasteiger partial charge in [0, 0.05) is 0 Å². The van der Waals surface area contributed by atoms with Crippen molar-refractivity contribution >= 4 is 5.82 Å². The normalized spacial score (nSPS) is 10.9. The number of aromatic nitrogens is 5. The lowest BCUT2D eigenvalue weighted by molar-refractivity contribution is 0.559. The van der Waals surface area contributed by atoms with E-state index in [1.807, 2.05) is 13.0 Å². The summed E-state index contributed by atoms with van der Waals surface area (Å²) >= 11 is 0. The number of hydrogen-bond acceptors (Lipinski definition) is 5. The van der Waals surface area contributed by atoms with Gasteiger partial charge in [-0.1, -0.05) is 6.07 Å². The van der Waals surface area contributed by atoms with Gasteiger partial charge in [0.2, 0.25) is 5.82 Å². The van der Waals surface area contributed by atoms with Gasteiger partial charge in [-0.15, -0.1) is 5.10 Å². The highest BCUT2D eigenvalue weighted by atomic mass is 15.5. The predicted octanol–water partition coefficient (Wildman–Crippen LogP) is 0.712. The first-order valence-electron chi connectivity index (χ1n) is 4.52. The minimum Gasteiger partial charge on any atom is -0.384 e. The fraction of sp³-hybridized carbons (Fsp3) is 0.222. The van der Waals surface area contributed by atoms with E-state index in [1.165, 1.54) is 0 Å². The van der Waals surface area contributed by atoms with Crippen molar-refractivity contribution in [1.82, 2.24) is 25.2 Å². The van der Waals surface area contributed by atoms with Gasteiger partial charge in [0.25, 0.3) is 0 Å². The van der Waals surface area contributed by atoms with Gasteiger partial charge in [-0.2, -0.15) is 0 Å². The molecule has 1 radical (unpaired) electrons. The molecule has 0 bridgehead atoms. The largest absolute Gasteiger partial charge is 0.384 e. The van der Waals surface area contributed by atoms with Gasteiger partial charge in [-0.25, -0.2) is 9.67 Å². The van der Waals surface area contributed by atoms with Gasteiger partial charge in [0.15, 0.2) is 0 Å². The summed E-state index contributed by atoms with van der Waals surface area (Å²) in [4.78, 5) is 4.15. The van der Waals surface area contributed by atoms with Gasteiger partial charge < -0.3 is 5.73 Å². The van der Waals surface area contributed by atoms with Crippen LogP contribution in [0.1, 0.15) is 13.0 Å². The van der Waals surface area contributed by atoms with Crippen molar-refractivity contribution in [3.8, 4) is 11.5 Å². The molecule has 0 spiro atoms. The molecule has 1 atom stereocenters. The number of tetrazole rings is 1. The molecular weight excluding hydrogens is 192 g/mol. The number of pyridine rings is 1. The Hall–Kier alpha value is -1.98. The molecule has 2 heterocycles. The molecule has 0 aromatic carbocycles. The Labute approximate surface area is 87.1 Å². The quantitative estimate of drug-likeness (QED) is 0.777. The minimum atomic E-state index is -0.0572. The van der Waals surface area contributed by atoms with Crippen LogP contribution in [0.25, 0.3) is 11.5 Å². The average molecular weight is 203 g/mol. The third kappa shape index (κ3) is 1.78. The van der Waals surface area contributed by atoms with E-state index in [2.05, 4.69) is 27.4 Å². The molecule has 2 aromatic heterocycles. The van der Waals surface area contributed by atoms with E-state index in [4.69, 9.17) is 5.73 Å². The number of anilines is 1. The first-order valence-corrected chi connectivity index (χ1v) is 4.52. The first kappa shape index (κ1) is 9.57. The van der Waals surface area contributed by atoms with Crippen LogP contribution in [0, 0.1) is 6.92 Å². The Morgan fingerprint density at radius 2 is 2.27 bits per heavy atom. The smallest absolute Gasteiger partial charge is 0.200 e. The van der Waals surface area contributed by atoms with Crippen LogP contribution in [-0.2, 0) is 0 Å². The van der Waals surface area contributed by atoms with Gasteiger partial charge in [0.05, 0.1) is 6.04 Å². The molecule has 0 fully saturated rings. The fourth-order valence-corrected chi connectivity index (χ4v) is 1.24. The van der Waals surface area contributed by atoms with Crippen LogP contribution in [0.3, 0.4) is 0 Å². The maximum Gasteiger partial charge on any atom is 0.200 e. The molecule has 0 saturated heterocycles. The monoisotopic (exact) mass is 203 g/mol. The van der Waals surface area contributed by atoms with Crippen molar-refractivity contribution in [1.29, 1.82) is 0 Å². The van der Waals surface area contributed by atoms with E-state index in [-0.39, 0.29) is 6.04 Å². The Kier molecular flexibility index (Phi) is 2.32. The molecule has 0 aliphatic carbocycles. The van der Waals surface area contributed by atoms with E-state index in [9.17, 15) is 0 Å². The lowest BCUT2D eigenvalue weighted by Crippen LogP contribution is -2.06. The van der Waals surface area contributed by atoms with Crippen LogP contribution in [0.2, 0.25) is 0 Å². The van der Waals surface area contributed by atoms with E-state index in [1.54, 1.807) is 16.8 Å². The lowest BCUT2D eigenvalue weighted by Gasteiger charge is -2.06. The summed E-state index contributed by atoms with van der Waals surface area (Å²) < 4.78 is 1.60. The highest BCUT2D eigenvalue weighted by Gasteiger charge is 2.12. The van der Waals surface area contributed by atoms with Crippen LogP contribution in [-0.4, -0.2) is 25.2 Å². The molecule has 0 unspecified atom stereocenters. The Balaban J connectivity index is 2.49. The van der Waals surface area contributed by atoms with Gasteiger partial charge >= 0.3 is 0 Å². The molecule has 2 N–H and O–H groups in total. The zero-order valence-corrected chi connectivity index (χ0v) is 8.33. The molecule has 77 valence electrons. The van der Waals surface area contributed by atoms with E-state index < -0.39 is 0 Å².